The van der Waals surface area contributed by atoms with E-state index < -0.39 is 10.2 Å². The molecule has 31 heavy (non-hydrogen) atoms. The van der Waals surface area contributed by atoms with Gasteiger partial charge in [-0.15, -0.1) is 3.89 Å². The van der Waals surface area contributed by atoms with Crippen LogP contribution in [0.5, 0.6) is 5.75 Å². The third-order valence-corrected chi connectivity index (χ3v) is 5.92. The van der Waals surface area contributed by atoms with Crippen molar-refractivity contribution in [2.75, 3.05) is 6.61 Å². The Bertz CT molecular complexity index is 1210. The van der Waals surface area contributed by atoms with Gasteiger partial charge in [0.15, 0.2) is 25.5 Å². The van der Waals surface area contributed by atoms with Crippen LogP contribution in [0.15, 0.2) is 71.9 Å². The van der Waals surface area contributed by atoms with E-state index in [1.165, 1.54) is 18.2 Å². The lowest BCUT2D eigenvalue weighted by atomic mass is 10.2. The molecule has 0 saturated heterocycles. The summed E-state index contributed by atoms with van der Waals surface area (Å²) >= 11 is 11.7. The molecule has 0 fully saturated rings. The Kier molecular flexibility index (Phi) is 7.48. The molecule has 3 aromatic rings. The van der Waals surface area contributed by atoms with Crippen LogP contribution in [0.2, 0.25) is 10.0 Å². The van der Waals surface area contributed by atoms with Crippen molar-refractivity contribution in [3.05, 3.63) is 88.2 Å². The molecule has 1 heterocycles. The van der Waals surface area contributed by atoms with Crippen LogP contribution >= 0.6 is 23.2 Å². The monoisotopic (exact) mass is 483 g/mol. The number of rotatable bonds is 8. The van der Waals surface area contributed by atoms with E-state index in [0.717, 1.165) is 5.56 Å². The summed E-state index contributed by atoms with van der Waals surface area (Å²) in [5, 5.41) is 3.45. The van der Waals surface area contributed by atoms with Crippen molar-refractivity contribution in [1.82, 2.24) is 5.32 Å². The summed E-state index contributed by atoms with van der Waals surface area (Å²) in [6, 6.07) is 14.1. The number of aromatic nitrogens is 1. The van der Waals surface area contributed by atoms with Gasteiger partial charge in [0.2, 0.25) is 0 Å². The van der Waals surface area contributed by atoms with Gasteiger partial charge in [-0.1, -0.05) is 41.4 Å². The number of carbonyl (C=O) groups excluding carboxylic acids is 1. The van der Waals surface area contributed by atoms with Gasteiger partial charge < -0.3 is 10.1 Å². The fourth-order valence-electron chi connectivity index (χ4n) is 2.82. The number of pyridine rings is 1. The zero-order valence-electron chi connectivity index (χ0n) is 16.1. The fourth-order valence-corrected chi connectivity index (χ4v) is 3.79. The first-order valence-electron chi connectivity index (χ1n) is 9.07. The molecular weight excluding hydrogens is 466 g/mol. The van der Waals surface area contributed by atoms with E-state index in [0.29, 0.717) is 21.4 Å². The molecule has 1 aromatic heterocycles. The maximum atomic E-state index is 13.5. The van der Waals surface area contributed by atoms with Crippen molar-refractivity contribution < 1.29 is 26.4 Å². The van der Waals surface area contributed by atoms with Crippen molar-refractivity contribution in [3.63, 3.8) is 0 Å². The zero-order valence-corrected chi connectivity index (χ0v) is 18.4. The molecule has 0 bridgehead atoms. The predicted molar refractivity (Wildman–Crippen MR) is 114 cm³/mol. The Balaban J connectivity index is 1.58. The quantitative estimate of drug-likeness (QED) is 0.391. The lowest BCUT2D eigenvalue weighted by Gasteiger charge is -2.08. The first-order chi connectivity index (χ1) is 14.7. The topological polar surface area (TPSA) is 76.3 Å². The van der Waals surface area contributed by atoms with Gasteiger partial charge in [-0.05, 0) is 24.3 Å². The first kappa shape index (κ1) is 23.0. The SMILES string of the molecule is O=C(COc1ccc(Cl)c(Cl)c1)NCc1ccc[n+](Cc2ccccc2S(=O)(=O)F)c1. The van der Waals surface area contributed by atoms with Gasteiger partial charge in [-0.2, -0.15) is 8.42 Å². The normalized spacial score (nSPS) is 11.2. The number of carbonyl (C=O) groups is 1. The van der Waals surface area contributed by atoms with Gasteiger partial charge >= 0.3 is 10.2 Å². The molecule has 162 valence electrons. The number of amides is 1. The molecule has 0 aliphatic rings. The second kappa shape index (κ2) is 10.1. The number of hydrogen-bond donors (Lipinski definition) is 1. The van der Waals surface area contributed by atoms with Crippen molar-refractivity contribution >= 4 is 39.3 Å². The highest BCUT2D eigenvalue weighted by Gasteiger charge is 2.19. The molecule has 0 aliphatic carbocycles. The van der Waals surface area contributed by atoms with Gasteiger partial charge in [0.05, 0.1) is 10.0 Å². The minimum atomic E-state index is -4.82. The summed E-state index contributed by atoms with van der Waals surface area (Å²) in [6.45, 7) is 0.182. The van der Waals surface area contributed by atoms with Crippen LogP contribution < -0.4 is 14.6 Å². The molecule has 0 atom stereocenters. The number of nitrogens with zero attached hydrogens (tertiary/aromatic N) is 1. The van der Waals surface area contributed by atoms with Crippen LogP contribution in [0, 0.1) is 0 Å². The Labute approximate surface area is 189 Å². The average Bonchev–Trinajstić information content (AvgIpc) is 2.73. The van der Waals surface area contributed by atoms with Crippen LogP contribution in [-0.4, -0.2) is 20.9 Å². The molecule has 1 N–H and O–H groups in total. The largest absolute Gasteiger partial charge is 0.484 e. The summed E-state index contributed by atoms with van der Waals surface area (Å²) in [4.78, 5) is 11.7. The third kappa shape index (κ3) is 6.65. The number of ether oxygens (including phenoxy) is 1. The third-order valence-electron chi connectivity index (χ3n) is 4.26. The van der Waals surface area contributed by atoms with Crippen LogP contribution in [0.3, 0.4) is 0 Å². The Morgan fingerprint density at radius 3 is 2.58 bits per heavy atom. The molecular formula is C21H18Cl2FN2O4S+. The fraction of sp³-hybridized carbons (Fsp3) is 0.143. The highest BCUT2D eigenvalue weighted by atomic mass is 35.5. The lowest BCUT2D eigenvalue weighted by molar-refractivity contribution is -0.689. The summed E-state index contributed by atoms with van der Waals surface area (Å²) in [5.41, 5.74) is 1.09. The van der Waals surface area contributed by atoms with Gasteiger partial charge in [0.1, 0.15) is 10.6 Å². The van der Waals surface area contributed by atoms with Gasteiger partial charge in [-0.25, -0.2) is 4.57 Å². The van der Waals surface area contributed by atoms with Crippen molar-refractivity contribution in [3.8, 4) is 5.75 Å². The molecule has 0 unspecified atom stereocenters. The summed E-state index contributed by atoms with van der Waals surface area (Å²) in [5.74, 6) is 0.0823. The summed E-state index contributed by atoms with van der Waals surface area (Å²) in [7, 11) is -4.82. The van der Waals surface area contributed by atoms with Crippen LogP contribution in [0.4, 0.5) is 3.89 Å². The standard InChI is InChI=1S/C21H17Cl2FN2O4S/c22-18-8-7-17(10-19(18)23)30-14-21(27)25-11-15-4-3-9-26(12-15)13-16-5-1-2-6-20(16)31(24,28)29/h1-10,12H,11,13-14H2/p+1. The van der Waals surface area contributed by atoms with E-state index in [-0.39, 0.29) is 30.5 Å². The van der Waals surface area contributed by atoms with E-state index >= 15 is 0 Å². The van der Waals surface area contributed by atoms with Crippen molar-refractivity contribution in [2.24, 2.45) is 0 Å². The second-order valence-corrected chi connectivity index (χ2v) is 8.70. The highest BCUT2D eigenvalue weighted by Crippen LogP contribution is 2.26. The predicted octanol–water partition coefficient (Wildman–Crippen LogP) is 3.68. The number of nitrogens with one attached hydrogen (secondary N) is 1. The van der Waals surface area contributed by atoms with Crippen LogP contribution in [0.1, 0.15) is 11.1 Å². The molecule has 0 aliphatic heterocycles. The zero-order chi connectivity index (χ0) is 22.4. The molecule has 10 heteroatoms. The van der Waals surface area contributed by atoms with Gasteiger partial charge in [0.25, 0.3) is 5.91 Å². The van der Waals surface area contributed by atoms with E-state index in [1.54, 1.807) is 53.4 Å². The summed E-state index contributed by atoms with van der Waals surface area (Å²) in [6.07, 6.45) is 3.46. The molecule has 6 nitrogen and oxygen atoms in total. The first-order valence-corrected chi connectivity index (χ1v) is 11.2. The molecule has 3 rings (SSSR count). The van der Waals surface area contributed by atoms with Crippen LogP contribution in [0.25, 0.3) is 0 Å². The van der Waals surface area contributed by atoms with E-state index in [2.05, 4.69) is 5.32 Å². The number of benzene rings is 2. The van der Waals surface area contributed by atoms with E-state index in [9.17, 15) is 17.1 Å². The lowest BCUT2D eigenvalue weighted by Crippen LogP contribution is -2.35. The Morgan fingerprint density at radius 1 is 1.06 bits per heavy atom. The van der Waals surface area contributed by atoms with Gasteiger partial charge in [-0.3, -0.25) is 4.79 Å². The minimum Gasteiger partial charge on any atom is -0.484 e. The molecule has 0 saturated carbocycles. The molecule has 0 spiro atoms. The Morgan fingerprint density at radius 2 is 1.84 bits per heavy atom. The molecule has 2 aromatic carbocycles. The van der Waals surface area contributed by atoms with Gasteiger partial charge in [0, 0.05) is 29.8 Å². The number of halogens is 3. The highest BCUT2D eigenvalue weighted by molar-refractivity contribution is 7.86. The second-order valence-electron chi connectivity index (χ2n) is 6.57. The van der Waals surface area contributed by atoms with E-state index in [4.69, 9.17) is 27.9 Å². The minimum absolute atomic E-state index is 0.154. The smallest absolute Gasteiger partial charge is 0.332 e. The van der Waals surface area contributed by atoms with Crippen molar-refractivity contribution in [2.45, 2.75) is 18.0 Å². The van der Waals surface area contributed by atoms with Crippen LogP contribution in [-0.2, 0) is 28.1 Å². The molecule has 0 radical (unpaired) electrons. The number of hydrogen-bond acceptors (Lipinski definition) is 4. The Hall–Kier alpha value is -2.68. The maximum absolute atomic E-state index is 13.5. The van der Waals surface area contributed by atoms with Crippen molar-refractivity contribution in [1.29, 1.82) is 0 Å². The average molecular weight is 484 g/mol. The maximum Gasteiger partial charge on any atom is 0.332 e. The molecule has 1 amide bonds. The van der Waals surface area contributed by atoms with E-state index in [1.807, 2.05) is 0 Å². The summed E-state index contributed by atoms with van der Waals surface area (Å²) < 4.78 is 43.3.